The minimum absolute atomic E-state index is 0.103. The highest BCUT2D eigenvalue weighted by atomic mass is 16.1. The zero-order chi connectivity index (χ0) is 8.43. The van der Waals surface area contributed by atoms with Crippen LogP contribution >= 0.6 is 0 Å². The van der Waals surface area contributed by atoms with Crippen molar-refractivity contribution in [1.82, 2.24) is 5.32 Å². The second-order valence-corrected chi connectivity index (χ2v) is 2.36. The third kappa shape index (κ3) is 1.37. The Bertz CT molecular complexity index is 274. The molecule has 0 aromatic heterocycles. The van der Waals surface area contributed by atoms with Gasteiger partial charge in [0, 0.05) is 18.7 Å². The molecule has 3 heteroatoms. The van der Waals surface area contributed by atoms with E-state index in [1.807, 2.05) is 0 Å². The number of rotatable bonds is 1. The van der Waals surface area contributed by atoms with Gasteiger partial charge in [-0.05, 0) is 13.0 Å². The van der Waals surface area contributed by atoms with E-state index in [2.05, 4.69) is 5.32 Å². The fourth-order valence-corrected chi connectivity index (χ4v) is 0.857. The van der Waals surface area contributed by atoms with Crippen molar-refractivity contribution in [3.05, 3.63) is 23.4 Å². The van der Waals surface area contributed by atoms with Crippen molar-refractivity contribution < 1.29 is 9.59 Å². The van der Waals surface area contributed by atoms with E-state index >= 15 is 0 Å². The summed E-state index contributed by atoms with van der Waals surface area (Å²) in [5.74, 6) is -0.237. The maximum atomic E-state index is 11.0. The molecule has 58 valence electrons. The Labute approximate surface area is 64.8 Å². The predicted octanol–water partition coefficient (Wildman–Crippen LogP) is 0.188. The van der Waals surface area contributed by atoms with Crippen LogP contribution in [-0.4, -0.2) is 18.6 Å². The van der Waals surface area contributed by atoms with Crippen LogP contribution < -0.4 is 5.32 Å². The highest BCUT2D eigenvalue weighted by molar-refractivity contribution is 6.19. The predicted molar refractivity (Wildman–Crippen MR) is 40.9 cm³/mol. The molecule has 0 atom stereocenters. The van der Waals surface area contributed by atoms with Crippen molar-refractivity contribution in [1.29, 1.82) is 0 Å². The Morgan fingerprint density at radius 3 is 2.36 bits per heavy atom. The van der Waals surface area contributed by atoms with Crippen LogP contribution in [0.25, 0.3) is 0 Å². The normalized spacial score (nSPS) is 17.6. The van der Waals surface area contributed by atoms with Gasteiger partial charge in [0.25, 0.3) is 0 Å². The molecule has 0 aromatic rings. The fourth-order valence-electron chi connectivity index (χ4n) is 0.857. The first-order valence-electron chi connectivity index (χ1n) is 3.31. The van der Waals surface area contributed by atoms with Crippen molar-refractivity contribution >= 4 is 11.6 Å². The number of allylic oxidation sites excluding steroid dienone is 3. The summed E-state index contributed by atoms with van der Waals surface area (Å²) in [5.41, 5.74) is 0.856. The van der Waals surface area contributed by atoms with E-state index in [0.29, 0.717) is 11.3 Å². The number of likely N-dealkylation sites (N-methyl/N-ethyl adjacent to an activating group) is 1. The molecule has 11 heavy (non-hydrogen) atoms. The average Bonchev–Trinajstić information content (AvgIpc) is 1.97. The zero-order valence-corrected chi connectivity index (χ0v) is 6.47. The molecule has 1 aliphatic carbocycles. The monoisotopic (exact) mass is 151 g/mol. The van der Waals surface area contributed by atoms with Gasteiger partial charge in [0.05, 0.1) is 5.70 Å². The summed E-state index contributed by atoms with van der Waals surface area (Å²) in [4.78, 5) is 22.0. The number of nitrogens with one attached hydrogen (secondary N) is 1. The second kappa shape index (κ2) is 2.70. The van der Waals surface area contributed by atoms with E-state index < -0.39 is 0 Å². The summed E-state index contributed by atoms with van der Waals surface area (Å²) < 4.78 is 0. The third-order valence-electron chi connectivity index (χ3n) is 1.55. The minimum Gasteiger partial charge on any atom is -0.385 e. The van der Waals surface area contributed by atoms with Crippen LogP contribution in [0.5, 0.6) is 0 Å². The van der Waals surface area contributed by atoms with Gasteiger partial charge in [0.1, 0.15) is 0 Å². The van der Waals surface area contributed by atoms with Gasteiger partial charge in [-0.2, -0.15) is 0 Å². The third-order valence-corrected chi connectivity index (χ3v) is 1.55. The summed E-state index contributed by atoms with van der Waals surface area (Å²) in [5, 5.41) is 2.65. The summed E-state index contributed by atoms with van der Waals surface area (Å²) >= 11 is 0. The van der Waals surface area contributed by atoms with Gasteiger partial charge in [-0.25, -0.2) is 0 Å². The molecule has 0 aromatic carbocycles. The van der Waals surface area contributed by atoms with E-state index in [-0.39, 0.29) is 11.6 Å². The molecule has 0 spiro atoms. The first kappa shape index (κ1) is 7.72. The van der Waals surface area contributed by atoms with E-state index in [4.69, 9.17) is 0 Å². The van der Waals surface area contributed by atoms with Crippen LogP contribution in [0.2, 0.25) is 0 Å². The summed E-state index contributed by atoms with van der Waals surface area (Å²) in [6, 6.07) is 0. The van der Waals surface area contributed by atoms with Crippen LogP contribution in [0.4, 0.5) is 0 Å². The molecule has 0 saturated heterocycles. The molecule has 1 N–H and O–H groups in total. The Morgan fingerprint density at radius 1 is 1.18 bits per heavy atom. The van der Waals surface area contributed by atoms with Gasteiger partial charge in [0.2, 0.25) is 5.78 Å². The van der Waals surface area contributed by atoms with Gasteiger partial charge in [-0.15, -0.1) is 0 Å². The molecule has 0 fully saturated rings. The molecule has 0 amide bonds. The van der Waals surface area contributed by atoms with Crippen molar-refractivity contribution in [2.24, 2.45) is 0 Å². The molecule has 0 unspecified atom stereocenters. The van der Waals surface area contributed by atoms with Crippen molar-refractivity contribution in [2.45, 2.75) is 6.92 Å². The maximum absolute atomic E-state index is 11.0. The Morgan fingerprint density at radius 2 is 1.82 bits per heavy atom. The standard InChI is InChI=1S/C8H9NO2/c1-5-3-8(11)6(9-2)4-7(5)10/h3-4,9H,1-2H3. The molecule has 3 nitrogen and oxygen atoms in total. The van der Waals surface area contributed by atoms with Crippen LogP contribution in [0.3, 0.4) is 0 Å². The van der Waals surface area contributed by atoms with E-state index in [1.54, 1.807) is 14.0 Å². The first-order chi connectivity index (χ1) is 5.15. The molecule has 1 rings (SSSR count). The Kier molecular flexibility index (Phi) is 1.89. The van der Waals surface area contributed by atoms with Crippen LogP contribution in [0.1, 0.15) is 6.92 Å². The molecule has 0 saturated carbocycles. The molecule has 0 bridgehead atoms. The van der Waals surface area contributed by atoms with Crippen LogP contribution in [0.15, 0.2) is 23.4 Å². The topological polar surface area (TPSA) is 46.2 Å². The Balaban J connectivity index is 2.98. The molecule has 0 aliphatic heterocycles. The number of hydrogen-bond donors (Lipinski definition) is 1. The fraction of sp³-hybridized carbons (Fsp3) is 0.250. The van der Waals surface area contributed by atoms with E-state index in [0.717, 1.165) is 0 Å². The summed E-state index contributed by atoms with van der Waals surface area (Å²) in [7, 11) is 1.62. The number of hydrogen-bond acceptors (Lipinski definition) is 3. The number of carbonyl (C=O) groups is 2. The number of carbonyl (C=O) groups excluding carboxylic acids is 2. The largest absolute Gasteiger partial charge is 0.385 e. The smallest absolute Gasteiger partial charge is 0.202 e. The lowest BCUT2D eigenvalue weighted by atomic mass is 10.0. The summed E-state index contributed by atoms with van der Waals surface area (Å²) in [6.07, 6.45) is 2.66. The van der Waals surface area contributed by atoms with Gasteiger partial charge < -0.3 is 5.32 Å². The van der Waals surface area contributed by atoms with Crippen LogP contribution in [-0.2, 0) is 9.59 Å². The van der Waals surface area contributed by atoms with Gasteiger partial charge in [-0.3, -0.25) is 9.59 Å². The van der Waals surface area contributed by atoms with Crippen molar-refractivity contribution in [2.75, 3.05) is 7.05 Å². The molecular formula is C8H9NO2. The van der Waals surface area contributed by atoms with Gasteiger partial charge >= 0.3 is 0 Å². The lowest BCUT2D eigenvalue weighted by Crippen LogP contribution is -2.20. The average molecular weight is 151 g/mol. The highest BCUT2D eigenvalue weighted by Gasteiger charge is 2.15. The second-order valence-electron chi connectivity index (χ2n) is 2.36. The lowest BCUT2D eigenvalue weighted by molar-refractivity contribution is -0.115. The quantitative estimate of drug-likeness (QED) is 0.544. The summed E-state index contributed by atoms with van der Waals surface area (Å²) in [6.45, 7) is 1.63. The molecule has 1 aliphatic rings. The number of ketones is 2. The zero-order valence-electron chi connectivity index (χ0n) is 6.47. The Hall–Kier alpha value is -1.38. The van der Waals surface area contributed by atoms with E-state index in [9.17, 15) is 9.59 Å². The maximum Gasteiger partial charge on any atom is 0.202 e. The van der Waals surface area contributed by atoms with Gasteiger partial charge in [-0.1, -0.05) is 0 Å². The lowest BCUT2D eigenvalue weighted by Gasteiger charge is -2.07. The highest BCUT2D eigenvalue weighted by Crippen LogP contribution is 2.07. The minimum atomic E-state index is -0.135. The van der Waals surface area contributed by atoms with Crippen molar-refractivity contribution in [3.63, 3.8) is 0 Å². The first-order valence-corrected chi connectivity index (χ1v) is 3.31. The van der Waals surface area contributed by atoms with Gasteiger partial charge in [0.15, 0.2) is 5.78 Å². The van der Waals surface area contributed by atoms with Crippen LogP contribution in [0, 0.1) is 0 Å². The van der Waals surface area contributed by atoms with Crippen molar-refractivity contribution in [3.8, 4) is 0 Å². The molecular weight excluding hydrogens is 142 g/mol. The SMILES string of the molecule is CNC1=CC(=O)C(C)=CC1=O. The molecule has 0 radical (unpaired) electrons. The van der Waals surface area contributed by atoms with E-state index in [1.165, 1.54) is 12.2 Å². The molecule has 0 heterocycles.